The Kier molecular flexibility index (Phi) is 6.13. The number of rotatable bonds is 4. The van der Waals surface area contributed by atoms with Crippen molar-refractivity contribution < 1.29 is 14.3 Å². The molecule has 2 aliphatic rings. The Morgan fingerprint density at radius 1 is 1.26 bits per heavy atom. The van der Waals surface area contributed by atoms with E-state index >= 15 is 0 Å². The number of nitrogens with zero attached hydrogens (tertiary/aromatic N) is 1. The van der Waals surface area contributed by atoms with E-state index in [1.54, 1.807) is 14.2 Å². The molecule has 0 bridgehead atoms. The highest BCUT2D eigenvalue weighted by atomic mass is 35.5. The van der Waals surface area contributed by atoms with Crippen molar-refractivity contribution in [2.24, 2.45) is 0 Å². The third kappa shape index (κ3) is 3.90. The zero-order valence-corrected chi connectivity index (χ0v) is 14.6. The summed E-state index contributed by atoms with van der Waals surface area (Å²) in [5, 5.41) is 3.40. The molecule has 1 fully saturated rings. The number of hydrogen-bond acceptors (Lipinski definition) is 4. The number of halogens is 1. The predicted octanol–water partition coefficient (Wildman–Crippen LogP) is 2.15. The maximum absolute atomic E-state index is 12.5. The van der Waals surface area contributed by atoms with E-state index in [9.17, 15) is 4.79 Å². The van der Waals surface area contributed by atoms with Crippen LogP contribution in [0.25, 0.3) is 0 Å². The first-order valence-electron chi connectivity index (χ1n) is 7.96. The van der Waals surface area contributed by atoms with Gasteiger partial charge in [-0.2, -0.15) is 0 Å². The van der Waals surface area contributed by atoms with Gasteiger partial charge < -0.3 is 19.7 Å². The Balaban J connectivity index is 0.00000192. The number of methoxy groups -OCH3 is 2. The summed E-state index contributed by atoms with van der Waals surface area (Å²) in [5.41, 5.74) is 2.41. The highest BCUT2D eigenvalue weighted by Crippen LogP contribution is 2.33. The van der Waals surface area contributed by atoms with Crippen molar-refractivity contribution in [1.82, 2.24) is 10.2 Å². The number of fused-ring (bicyclic) bond motifs is 1. The highest BCUT2D eigenvalue weighted by Gasteiger charge is 2.25. The maximum Gasteiger partial charge on any atom is 0.224 e. The molecular weight excluding hydrogens is 316 g/mol. The molecule has 3 rings (SSSR count). The first-order valence-corrected chi connectivity index (χ1v) is 7.96. The average molecular weight is 341 g/mol. The minimum Gasteiger partial charge on any atom is -0.493 e. The molecule has 23 heavy (non-hydrogen) atoms. The Bertz CT molecular complexity index is 559. The number of ether oxygens (including phenoxy) is 2. The average Bonchev–Trinajstić information content (AvgIpc) is 3.05. The van der Waals surface area contributed by atoms with E-state index in [2.05, 4.69) is 5.32 Å². The lowest BCUT2D eigenvalue weighted by Crippen LogP contribution is -2.39. The Morgan fingerprint density at radius 3 is 2.57 bits per heavy atom. The molecule has 0 spiro atoms. The summed E-state index contributed by atoms with van der Waals surface area (Å²) < 4.78 is 10.7. The van der Waals surface area contributed by atoms with E-state index in [0.717, 1.165) is 43.0 Å². The lowest BCUT2D eigenvalue weighted by atomic mass is 9.98. The summed E-state index contributed by atoms with van der Waals surface area (Å²) in [7, 11) is 3.29. The van der Waals surface area contributed by atoms with Crippen molar-refractivity contribution >= 4 is 18.3 Å². The Hall–Kier alpha value is -1.46. The molecule has 6 heteroatoms. The molecule has 1 amide bonds. The second-order valence-electron chi connectivity index (χ2n) is 6.04. The van der Waals surface area contributed by atoms with E-state index in [-0.39, 0.29) is 18.3 Å². The molecular formula is C17H25ClN2O3. The number of hydrogen-bond donors (Lipinski definition) is 1. The van der Waals surface area contributed by atoms with Crippen LogP contribution >= 0.6 is 12.4 Å². The molecule has 1 aromatic rings. The van der Waals surface area contributed by atoms with Crippen LogP contribution in [-0.2, 0) is 17.8 Å². The van der Waals surface area contributed by atoms with Crippen LogP contribution in [-0.4, -0.2) is 44.2 Å². The minimum atomic E-state index is 0. The zero-order chi connectivity index (χ0) is 15.5. The van der Waals surface area contributed by atoms with Crippen molar-refractivity contribution in [3.8, 4) is 11.5 Å². The van der Waals surface area contributed by atoms with Crippen molar-refractivity contribution in [2.45, 2.75) is 38.3 Å². The van der Waals surface area contributed by atoms with Crippen molar-refractivity contribution in [2.75, 3.05) is 27.3 Å². The second-order valence-corrected chi connectivity index (χ2v) is 6.04. The summed E-state index contributed by atoms with van der Waals surface area (Å²) >= 11 is 0. The number of carbonyl (C=O) groups excluding carboxylic acids is 1. The zero-order valence-electron chi connectivity index (χ0n) is 13.8. The van der Waals surface area contributed by atoms with Gasteiger partial charge in [-0.05, 0) is 49.1 Å². The van der Waals surface area contributed by atoms with Crippen LogP contribution in [0.2, 0.25) is 0 Å². The molecule has 0 aromatic heterocycles. The summed E-state index contributed by atoms with van der Waals surface area (Å²) in [4.78, 5) is 14.4. The molecule has 1 saturated heterocycles. The predicted molar refractivity (Wildman–Crippen MR) is 91.6 cm³/mol. The summed E-state index contributed by atoms with van der Waals surface area (Å²) in [6.07, 6.45) is 3.78. The maximum atomic E-state index is 12.5. The lowest BCUT2D eigenvalue weighted by molar-refractivity contribution is -0.132. The van der Waals surface area contributed by atoms with Gasteiger partial charge in [0.05, 0.1) is 14.2 Å². The monoisotopic (exact) mass is 340 g/mol. The van der Waals surface area contributed by atoms with E-state index in [1.807, 2.05) is 17.0 Å². The lowest BCUT2D eigenvalue weighted by Gasteiger charge is -2.30. The molecule has 0 aliphatic carbocycles. The second kappa shape index (κ2) is 7.88. The first kappa shape index (κ1) is 17.9. The molecule has 128 valence electrons. The molecule has 1 N–H and O–H groups in total. The Labute approximate surface area is 143 Å². The van der Waals surface area contributed by atoms with Crippen LogP contribution in [0.4, 0.5) is 0 Å². The van der Waals surface area contributed by atoms with Crippen LogP contribution < -0.4 is 14.8 Å². The number of carbonyl (C=O) groups is 1. The van der Waals surface area contributed by atoms with E-state index in [0.29, 0.717) is 19.0 Å². The number of nitrogens with one attached hydrogen (secondary N) is 1. The standard InChI is InChI=1S/C17H24N2O3.ClH/c1-21-15-8-12-5-7-19(11-13(12)9-16(15)22-2)17(20)10-14-4-3-6-18-14;/h8-9,14,18H,3-7,10-11H2,1-2H3;1H. The molecule has 5 nitrogen and oxygen atoms in total. The van der Waals surface area contributed by atoms with Crippen LogP contribution in [0.3, 0.4) is 0 Å². The highest BCUT2D eigenvalue weighted by molar-refractivity contribution is 5.85. The molecule has 1 aromatic carbocycles. The van der Waals surface area contributed by atoms with Gasteiger partial charge in [-0.15, -0.1) is 12.4 Å². The first-order chi connectivity index (χ1) is 10.7. The molecule has 0 radical (unpaired) electrons. The molecule has 2 heterocycles. The van der Waals surface area contributed by atoms with Crippen LogP contribution in [0.5, 0.6) is 11.5 Å². The number of amides is 1. The third-order valence-corrected chi connectivity index (χ3v) is 4.65. The third-order valence-electron chi connectivity index (χ3n) is 4.65. The van der Waals surface area contributed by atoms with Gasteiger partial charge in [0.25, 0.3) is 0 Å². The van der Waals surface area contributed by atoms with Gasteiger partial charge in [0.1, 0.15) is 0 Å². The van der Waals surface area contributed by atoms with Crippen molar-refractivity contribution in [1.29, 1.82) is 0 Å². The fourth-order valence-electron chi connectivity index (χ4n) is 3.37. The summed E-state index contributed by atoms with van der Waals surface area (Å²) in [6, 6.07) is 4.40. The molecule has 1 atom stereocenters. The van der Waals surface area contributed by atoms with E-state index < -0.39 is 0 Å². The summed E-state index contributed by atoms with van der Waals surface area (Å²) in [6.45, 7) is 2.49. The van der Waals surface area contributed by atoms with Crippen LogP contribution in [0.15, 0.2) is 12.1 Å². The Morgan fingerprint density at radius 2 is 1.96 bits per heavy atom. The van der Waals surface area contributed by atoms with Gasteiger partial charge in [0.2, 0.25) is 5.91 Å². The fourth-order valence-corrected chi connectivity index (χ4v) is 3.37. The van der Waals surface area contributed by atoms with Gasteiger partial charge in [-0.1, -0.05) is 0 Å². The van der Waals surface area contributed by atoms with Gasteiger partial charge in [-0.25, -0.2) is 0 Å². The summed E-state index contributed by atoms with van der Waals surface area (Å²) in [5.74, 6) is 1.74. The molecule has 2 aliphatic heterocycles. The van der Waals surface area contributed by atoms with Gasteiger partial charge in [-0.3, -0.25) is 4.79 Å². The van der Waals surface area contributed by atoms with Crippen molar-refractivity contribution in [3.63, 3.8) is 0 Å². The molecule has 1 unspecified atom stereocenters. The van der Waals surface area contributed by atoms with E-state index in [4.69, 9.17) is 9.47 Å². The minimum absolute atomic E-state index is 0. The van der Waals surface area contributed by atoms with Crippen molar-refractivity contribution in [3.05, 3.63) is 23.3 Å². The van der Waals surface area contributed by atoms with E-state index in [1.165, 1.54) is 12.0 Å². The van der Waals surface area contributed by atoms with Gasteiger partial charge in [0.15, 0.2) is 11.5 Å². The normalized spacial score (nSPS) is 19.7. The van der Waals surface area contributed by atoms with Gasteiger partial charge in [0, 0.05) is 25.6 Å². The topological polar surface area (TPSA) is 50.8 Å². The van der Waals surface area contributed by atoms with Crippen LogP contribution in [0.1, 0.15) is 30.4 Å². The largest absolute Gasteiger partial charge is 0.493 e. The molecule has 0 saturated carbocycles. The van der Waals surface area contributed by atoms with Gasteiger partial charge >= 0.3 is 0 Å². The SMILES string of the molecule is COc1cc2c(cc1OC)CN(C(=O)CC1CCCN1)CC2.Cl. The number of benzene rings is 1. The fraction of sp³-hybridized carbons (Fsp3) is 0.588. The van der Waals surface area contributed by atoms with Crippen LogP contribution in [0, 0.1) is 0 Å². The smallest absolute Gasteiger partial charge is 0.224 e. The quantitative estimate of drug-likeness (QED) is 0.912.